The molecule has 0 aliphatic carbocycles. The molecule has 0 saturated carbocycles. The van der Waals surface area contributed by atoms with Crippen molar-refractivity contribution in [3.63, 3.8) is 0 Å². The molecule has 1 heterocycles. The fourth-order valence-electron chi connectivity index (χ4n) is 1.63. The molecular weight excluding hydrogens is 214 g/mol. The van der Waals surface area contributed by atoms with Crippen molar-refractivity contribution >= 4 is 5.82 Å². The van der Waals surface area contributed by atoms with Crippen LogP contribution in [0.4, 0.5) is 5.82 Å². The fourth-order valence-corrected chi connectivity index (χ4v) is 1.63. The van der Waals surface area contributed by atoms with E-state index < -0.39 is 0 Å². The summed E-state index contributed by atoms with van der Waals surface area (Å²) in [5.74, 6) is 1.47. The summed E-state index contributed by atoms with van der Waals surface area (Å²) in [6.07, 6.45) is 1.85. The Balaban J connectivity index is 1.92. The Labute approximate surface area is 101 Å². The van der Waals surface area contributed by atoms with Crippen molar-refractivity contribution in [3.8, 4) is 5.75 Å². The van der Waals surface area contributed by atoms with Crippen molar-refractivity contribution in [3.05, 3.63) is 41.6 Å². The molecule has 0 unspecified atom stereocenters. The van der Waals surface area contributed by atoms with Crippen molar-refractivity contribution in [2.75, 3.05) is 12.3 Å². The number of aromatic nitrogens is 2. The molecule has 1 aromatic carbocycles. The lowest BCUT2D eigenvalue weighted by atomic mass is 10.1. The van der Waals surface area contributed by atoms with E-state index >= 15 is 0 Å². The van der Waals surface area contributed by atoms with Gasteiger partial charge in [-0.2, -0.15) is 5.10 Å². The molecule has 0 radical (unpaired) electrons. The number of nitrogen functional groups attached to an aromatic ring is 1. The smallest absolute Gasteiger partial charge is 0.145 e. The molecule has 90 valence electrons. The Morgan fingerprint density at radius 2 is 2.12 bits per heavy atom. The van der Waals surface area contributed by atoms with Crippen LogP contribution < -0.4 is 10.5 Å². The number of anilines is 1. The van der Waals surface area contributed by atoms with Crippen LogP contribution in [0.3, 0.4) is 0 Å². The maximum Gasteiger partial charge on any atom is 0.145 e. The minimum absolute atomic E-state index is 0.539. The van der Waals surface area contributed by atoms with Gasteiger partial charge in [0.05, 0.1) is 6.54 Å². The van der Waals surface area contributed by atoms with E-state index in [4.69, 9.17) is 10.5 Å². The lowest BCUT2D eigenvalue weighted by Crippen LogP contribution is -2.09. The van der Waals surface area contributed by atoms with Crippen LogP contribution in [-0.2, 0) is 6.54 Å². The van der Waals surface area contributed by atoms with E-state index in [1.807, 2.05) is 18.3 Å². The first-order valence-corrected chi connectivity index (χ1v) is 5.65. The van der Waals surface area contributed by atoms with Gasteiger partial charge in [0.15, 0.2) is 0 Å². The molecule has 0 spiro atoms. The number of aryl methyl sites for hydroxylation is 1. The van der Waals surface area contributed by atoms with Crippen LogP contribution in [0.2, 0.25) is 0 Å². The second kappa shape index (κ2) is 4.91. The third-order valence-corrected chi connectivity index (χ3v) is 2.79. The Morgan fingerprint density at radius 1 is 1.29 bits per heavy atom. The fraction of sp³-hybridized carbons (Fsp3) is 0.308. The van der Waals surface area contributed by atoms with Gasteiger partial charge in [-0.1, -0.05) is 12.1 Å². The van der Waals surface area contributed by atoms with Gasteiger partial charge in [0, 0.05) is 6.20 Å². The lowest BCUT2D eigenvalue weighted by molar-refractivity contribution is 0.289. The van der Waals surface area contributed by atoms with Crippen LogP contribution in [0, 0.1) is 13.8 Å². The third kappa shape index (κ3) is 2.78. The molecule has 2 rings (SSSR count). The highest BCUT2D eigenvalue weighted by Crippen LogP contribution is 2.20. The molecule has 0 aliphatic rings. The Morgan fingerprint density at radius 3 is 2.82 bits per heavy atom. The second-order valence-electron chi connectivity index (χ2n) is 4.05. The zero-order valence-corrected chi connectivity index (χ0v) is 10.2. The SMILES string of the molecule is Cc1cccc(OCCn2ccc(N)n2)c1C. The highest BCUT2D eigenvalue weighted by molar-refractivity contribution is 5.38. The monoisotopic (exact) mass is 231 g/mol. The summed E-state index contributed by atoms with van der Waals surface area (Å²) in [6.45, 7) is 5.43. The van der Waals surface area contributed by atoms with Crippen molar-refractivity contribution in [1.29, 1.82) is 0 Å². The molecule has 2 aromatic rings. The molecule has 0 bridgehead atoms. The Hall–Kier alpha value is -1.97. The molecule has 0 fully saturated rings. The molecule has 1 aromatic heterocycles. The van der Waals surface area contributed by atoms with Gasteiger partial charge in [-0.05, 0) is 37.1 Å². The van der Waals surface area contributed by atoms with Gasteiger partial charge < -0.3 is 10.5 Å². The average Bonchev–Trinajstić information content (AvgIpc) is 2.70. The van der Waals surface area contributed by atoms with Crippen LogP contribution in [0.1, 0.15) is 11.1 Å². The van der Waals surface area contributed by atoms with Gasteiger partial charge in [0.2, 0.25) is 0 Å². The average molecular weight is 231 g/mol. The first-order chi connectivity index (χ1) is 8.16. The molecule has 0 atom stereocenters. The van der Waals surface area contributed by atoms with Crippen molar-refractivity contribution < 1.29 is 4.74 Å². The van der Waals surface area contributed by atoms with Gasteiger partial charge in [0.1, 0.15) is 18.2 Å². The topological polar surface area (TPSA) is 53.1 Å². The van der Waals surface area contributed by atoms with Gasteiger partial charge in [-0.25, -0.2) is 0 Å². The number of ether oxygens (including phenoxy) is 1. The molecule has 17 heavy (non-hydrogen) atoms. The molecule has 2 N–H and O–H groups in total. The largest absolute Gasteiger partial charge is 0.491 e. The summed E-state index contributed by atoms with van der Waals surface area (Å²) in [4.78, 5) is 0. The van der Waals surface area contributed by atoms with Crippen molar-refractivity contribution in [2.45, 2.75) is 20.4 Å². The van der Waals surface area contributed by atoms with Gasteiger partial charge in [-0.15, -0.1) is 0 Å². The number of nitrogens with two attached hydrogens (primary N) is 1. The number of hydrogen-bond donors (Lipinski definition) is 1. The van der Waals surface area contributed by atoms with Crippen molar-refractivity contribution in [2.24, 2.45) is 0 Å². The first kappa shape index (κ1) is 11.5. The summed E-state index contributed by atoms with van der Waals surface area (Å²) in [5.41, 5.74) is 7.96. The molecule has 0 aliphatic heterocycles. The molecular formula is C13H17N3O. The van der Waals surface area contributed by atoms with Crippen LogP contribution in [0.25, 0.3) is 0 Å². The third-order valence-electron chi connectivity index (χ3n) is 2.79. The Kier molecular flexibility index (Phi) is 3.32. The summed E-state index contributed by atoms with van der Waals surface area (Å²) in [7, 11) is 0. The van der Waals surface area contributed by atoms with E-state index in [1.165, 1.54) is 11.1 Å². The van der Waals surface area contributed by atoms with Crippen LogP contribution in [-0.4, -0.2) is 16.4 Å². The van der Waals surface area contributed by atoms with Gasteiger partial charge in [-0.3, -0.25) is 4.68 Å². The normalized spacial score (nSPS) is 10.5. The van der Waals surface area contributed by atoms with Crippen LogP contribution >= 0.6 is 0 Å². The number of hydrogen-bond acceptors (Lipinski definition) is 3. The maximum absolute atomic E-state index is 5.73. The van der Waals surface area contributed by atoms with Crippen LogP contribution in [0.15, 0.2) is 30.5 Å². The summed E-state index contributed by atoms with van der Waals surface area (Å²) in [5, 5.41) is 4.10. The van der Waals surface area contributed by atoms with Gasteiger partial charge in [0.25, 0.3) is 0 Å². The quantitative estimate of drug-likeness (QED) is 0.877. The standard InChI is InChI=1S/C13H17N3O/c1-10-4-3-5-12(11(10)2)17-9-8-16-7-6-13(14)15-16/h3-7H,8-9H2,1-2H3,(H2,14,15). The van der Waals surface area contributed by atoms with E-state index in [0.717, 1.165) is 5.75 Å². The molecule has 0 amide bonds. The predicted molar refractivity (Wildman–Crippen MR) is 68.1 cm³/mol. The van der Waals surface area contributed by atoms with E-state index in [0.29, 0.717) is 19.0 Å². The van der Waals surface area contributed by atoms with Gasteiger partial charge >= 0.3 is 0 Å². The molecule has 4 heteroatoms. The molecule has 0 saturated heterocycles. The summed E-state index contributed by atoms with van der Waals surface area (Å²) >= 11 is 0. The number of rotatable bonds is 4. The Bertz CT molecular complexity index is 505. The van der Waals surface area contributed by atoms with E-state index in [-0.39, 0.29) is 0 Å². The highest BCUT2D eigenvalue weighted by atomic mass is 16.5. The summed E-state index contributed by atoms with van der Waals surface area (Å²) < 4.78 is 7.51. The zero-order valence-electron chi connectivity index (χ0n) is 10.2. The summed E-state index contributed by atoms with van der Waals surface area (Å²) in [6, 6.07) is 7.84. The molecule has 4 nitrogen and oxygen atoms in total. The van der Waals surface area contributed by atoms with Crippen molar-refractivity contribution in [1.82, 2.24) is 9.78 Å². The van der Waals surface area contributed by atoms with E-state index in [2.05, 4.69) is 25.0 Å². The minimum Gasteiger partial charge on any atom is -0.491 e. The lowest BCUT2D eigenvalue weighted by Gasteiger charge is -2.10. The second-order valence-corrected chi connectivity index (χ2v) is 4.05. The first-order valence-electron chi connectivity index (χ1n) is 5.65. The zero-order chi connectivity index (χ0) is 12.3. The highest BCUT2D eigenvalue weighted by Gasteiger charge is 2.01. The number of nitrogens with zero attached hydrogens (tertiary/aromatic N) is 2. The maximum atomic E-state index is 5.73. The van der Waals surface area contributed by atoms with E-state index in [1.54, 1.807) is 10.7 Å². The van der Waals surface area contributed by atoms with E-state index in [9.17, 15) is 0 Å². The predicted octanol–water partition coefficient (Wildman–Crippen LogP) is 2.16. The number of benzene rings is 1. The van der Waals surface area contributed by atoms with Crippen LogP contribution in [0.5, 0.6) is 5.75 Å². The minimum atomic E-state index is 0.539.